The zero-order chi connectivity index (χ0) is 85.4. The Kier molecular flexibility index (Phi) is 64.6. The molecule has 2 heterocycles. The molecule has 1 saturated carbocycles. The van der Waals surface area contributed by atoms with Gasteiger partial charge < -0.3 is 88.7 Å². The van der Waals surface area contributed by atoms with E-state index >= 15 is 0 Å². The van der Waals surface area contributed by atoms with Gasteiger partial charge in [-0.15, -0.1) is 0 Å². The molecule has 18 unspecified atom stereocenters. The predicted molar refractivity (Wildman–Crippen MR) is 453 cm³/mol. The monoisotopic (exact) mass is 1690 g/mol. The lowest BCUT2D eigenvalue weighted by molar-refractivity contribution is -0.360. The highest BCUT2D eigenvalue weighted by molar-refractivity contribution is 7.47. The van der Waals surface area contributed by atoms with E-state index in [2.05, 4.69) is 64.2 Å². The van der Waals surface area contributed by atoms with Crippen molar-refractivity contribution in [1.82, 2.24) is 0 Å². The summed E-state index contributed by atoms with van der Waals surface area (Å²) in [4.78, 5) is 66.4. The zero-order valence-electron chi connectivity index (χ0n) is 72.7. The number of hydrogen-bond acceptors (Lipinski definition) is 24. The largest absolute Gasteiger partial charge is 0.472 e. The highest BCUT2D eigenvalue weighted by atomic mass is 31.2. The maximum Gasteiger partial charge on any atom is 0.472 e. The van der Waals surface area contributed by atoms with E-state index in [0.717, 1.165) is 154 Å². The first-order valence-electron chi connectivity index (χ1n) is 46.7. The lowest BCUT2D eigenvalue weighted by atomic mass is 9.84. The third-order valence-corrected chi connectivity index (χ3v) is 23.6. The van der Waals surface area contributed by atoms with Gasteiger partial charge in [0.05, 0.1) is 13.2 Å². The molecular formula is C91H165O25P. The number of hydrogen-bond donors (Lipinski definition) is 10. The predicted octanol–water partition coefficient (Wildman–Crippen LogP) is 17.1. The van der Waals surface area contributed by atoms with Crippen molar-refractivity contribution in [2.24, 2.45) is 0 Å². The topological polar surface area (TPSA) is 380 Å². The van der Waals surface area contributed by atoms with Gasteiger partial charge in [0.1, 0.15) is 92.6 Å². The van der Waals surface area contributed by atoms with Crippen molar-refractivity contribution in [3.63, 3.8) is 0 Å². The molecule has 3 fully saturated rings. The molecule has 18 atom stereocenters. The first kappa shape index (κ1) is 108. The normalized spacial score (nSPS) is 25.2. The molecule has 684 valence electrons. The fourth-order valence-electron chi connectivity index (χ4n) is 15.1. The first-order chi connectivity index (χ1) is 56.7. The summed E-state index contributed by atoms with van der Waals surface area (Å²) in [5.74, 6) is -3.00. The van der Waals surface area contributed by atoms with Crippen LogP contribution in [0.25, 0.3) is 0 Å². The summed E-state index contributed by atoms with van der Waals surface area (Å²) in [5.41, 5.74) is 0. The highest BCUT2D eigenvalue weighted by Gasteiger charge is 2.60. The minimum absolute atomic E-state index is 0.0118. The molecule has 0 spiro atoms. The molecule has 2 aliphatic heterocycles. The number of aliphatic hydroxyl groups is 9. The fraction of sp³-hybridized carbons (Fsp3) is 0.890. The van der Waals surface area contributed by atoms with Gasteiger partial charge in [-0.25, -0.2) is 4.57 Å². The minimum Gasteiger partial charge on any atom is -0.463 e. The summed E-state index contributed by atoms with van der Waals surface area (Å²) in [6, 6.07) is 0. The molecule has 10 N–H and O–H groups in total. The number of carbonyl (C=O) groups is 4. The van der Waals surface area contributed by atoms with Crippen molar-refractivity contribution in [3.8, 4) is 0 Å². The Balaban J connectivity index is 1.92. The van der Waals surface area contributed by atoms with Crippen molar-refractivity contribution in [3.05, 3.63) is 36.5 Å². The second kappa shape index (κ2) is 70.0. The zero-order valence-corrected chi connectivity index (χ0v) is 73.6. The van der Waals surface area contributed by atoms with Gasteiger partial charge in [-0.3, -0.25) is 28.2 Å². The quantitative estimate of drug-likeness (QED) is 0.00889. The molecule has 0 aromatic heterocycles. The van der Waals surface area contributed by atoms with Gasteiger partial charge in [-0.05, 0) is 103 Å². The Labute approximate surface area is 704 Å². The average molecular weight is 1690 g/mol. The van der Waals surface area contributed by atoms with E-state index in [0.29, 0.717) is 38.5 Å². The molecule has 0 radical (unpaired) electrons. The Morgan fingerprint density at radius 1 is 0.333 bits per heavy atom. The van der Waals surface area contributed by atoms with E-state index in [1.54, 1.807) is 0 Å². The molecule has 25 nitrogen and oxygen atoms in total. The molecule has 3 aliphatic rings. The molecule has 2 saturated heterocycles. The summed E-state index contributed by atoms with van der Waals surface area (Å²) in [7, 11) is -5.81. The van der Waals surface area contributed by atoms with Crippen molar-refractivity contribution >= 4 is 31.7 Å². The van der Waals surface area contributed by atoms with Gasteiger partial charge >= 0.3 is 31.7 Å². The van der Waals surface area contributed by atoms with Gasteiger partial charge in [0.15, 0.2) is 24.8 Å². The number of unbranched alkanes of at least 4 members (excludes halogenated alkanes) is 45. The molecule has 26 heteroatoms. The van der Waals surface area contributed by atoms with Crippen LogP contribution in [0.5, 0.6) is 0 Å². The smallest absolute Gasteiger partial charge is 0.463 e. The van der Waals surface area contributed by atoms with Crippen LogP contribution in [0.1, 0.15) is 387 Å². The molecule has 1 aliphatic carbocycles. The van der Waals surface area contributed by atoms with E-state index < -0.39 is 162 Å². The van der Waals surface area contributed by atoms with Crippen LogP contribution in [-0.2, 0) is 70.7 Å². The van der Waals surface area contributed by atoms with Crippen molar-refractivity contribution < 1.29 is 122 Å². The maximum atomic E-state index is 14.9. The van der Waals surface area contributed by atoms with Crippen LogP contribution in [0.2, 0.25) is 0 Å². The SMILES string of the molecule is CCCCCC/C=C\CCCCCCCCCC(=O)OC(COC(=O)CCCCC/C=C\CCCCCCCC)COP(=O)(O)OC1C(OC2OC(CO)C(O)C(O)C2O)C(O)C(O)C(OC(=O)CCCCCCCCC/C=C\CCCCCC)C1OC1OC(COC(=O)CCCCCCCCCCCCCCCCC)C(O)C(O)C1O. The number of rotatable bonds is 75. The third kappa shape index (κ3) is 50.3. The molecule has 117 heavy (non-hydrogen) atoms. The highest BCUT2D eigenvalue weighted by Crippen LogP contribution is 2.49. The second-order valence-corrected chi connectivity index (χ2v) is 34.6. The summed E-state index contributed by atoms with van der Waals surface area (Å²) in [5, 5.41) is 102. The van der Waals surface area contributed by atoms with Crippen LogP contribution in [0, 0.1) is 0 Å². The Morgan fingerprint density at radius 3 is 1.03 bits per heavy atom. The van der Waals surface area contributed by atoms with Crippen molar-refractivity contribution in [2.45, 2.75) is 491 Å². The Hall–Kier alpha value is -3.31. The first-order valence-corrected chi connectivity index (χ1v) is 48.2. The summed E-state index contributed by atoms with van der Waals surface area (Å²) in [6.45, 7) is 5.54. The second-order valence-electron chi connectivity index (χ2n) is 33.2. The number of allylic oxidation sites excluding steroid dienone is 6. The van der Waals surface area contributed by atoms with Crippen LogP contribution >= 0.6 is 7.82 Å². The van der Waals surface area contributed by atoms with E-state index in [9.17, 15) is 74.6 Å². The van der Waals surface area contributed by atoms with Crippen LogP contribution in [-0.4, -0.2) is 205 Å². The molecule has 0 amide bonds. The summed E-state index contributed by atoms with van der Waals surface area (Å²) in [6.07, 6.45) is 31.4. The van der Waals surface area contributed by atoms with Crippen molar-refractivity contribution in [1.29, 1.82) is 0 Å². The van der Waals surface area contributed by atoms with Gasteiger partial charge in [0.2, 0.25) is 0 Å². The number of phosphoric ester groups is 1. The third-order valence-electron chi connectivity index (χ3n) is 22.6. The van der Waals surface area contributed by atoms with Crippen LogP contribution < -0.4 is 0 Å². The standard InChI is InChI=1S/C91H165O25P/c1-5-9-13-17-21-25-29-33-36-40-44-48-52-56-60-64-75(94)108-70-73-79(98)81(100)85(104)91(112-73)115-88-86(113-77(96)66-62-58-54-50-46-42-38-35-31-27-23-19-15-11-7-3)82(101)83(102)87(114-90-84(103)80(99)78(97)72(67-92)111-90)89(88)116-117(105,106)109-69-71(68-107-74(93)63-59-55-51-47-43-39-32-28-24-20-16-12-8-4)110-76(95)65-61-57-53-49-45-41-37-34-30-26-22-18-14-10-6-2/h26-27,30-31,39,43,71-73,78-92,97-104H,5-25,28-29,32-38,40-42,44-70H2,1-4H3,(H,105,106)/b30-26-,31-27-,43-39-. The van der Waals surface area contributed by atoms with Crippen LogP contribution in [0.4, 0.5) is 0 Å². The molecule has 0 aromatic carbocycles. The fourth-order valence-corrected chi connectivity index (χ4v) is 16.1. The lowest BCUT2D eigenvalue weighted by Crippen LogP contribution is -2.70. The van der Waals surface area contributed by atoms with E-state index in [-0.39, 0.29) is 25.7 Å². The number of carbonyl (C=O) groups excluding carboxylic acids is 4. The Morgan fingerprint density at radius 2 is 0.641 bits per heavy atom. The number of esters is 4. The Bertz CT molecular complexity index is 2580. The van der Waals surface area contributed by atoms with Gasteiger partial charge in [0.25, 0.3) is 0 Å². The van der Waals surface area contributed by atoms with Gasteiger partial charge in [0, 0.05) is 25.7 Å². The minimum atomic E-state index is -5.81. The number of phosphoric acid groups is 1. The number of ether oxygens (including phenoxy) is 8. The maximum absolute atomic E-state index is 14.9. The average Bonchev–Trinajstić information content (AvgIpc) is 0.754. The molecule has 0 bridgehead atoms. The molecule has 0 aromatic rings. The molecular weight excluding hydrogens is 1520 g/mol. The van der Waals surface area contributed by atoms with Gasteiger partial charge in [-0.1, -0.05) is 295 Å². The van der Waals surface area contributed by atoms with Crippen LogP contribution in [0.3, 0.4) is 0 Å². The summed E-state index contributed by atoms with van der Waals surface area (Å²) >= 11 is 0. The van der Waals surface area contributed by atoms with Gasteiger partial charge in [-0.2, -0.15) is 0 Å². The van der Waals surface area contributed by atoms with Crippen molar-refractivity contribution in [2.75, 3.05) is 26.4 Å². The summed E-state index contributed by atoms with van der Waals surface area (Å²) < 4.78 is 73.4. The molecule has 3 rings (SSSR count). The van der Waals surface area contributed by atoms with E-state index in [4.69, 9.17) is 46.9 Å². The van der Waals surface area contributed by atoms with Crippen LogP contribution in [0.15, 0.2) is 36.5 Å². The van der Waals surface area contributed by atoms with E-state index in [1.807, 2.05) is 0 Å². The van der Waals surface area contributed by atoms with E-state index in [1.165, 1.54) is 141 Å². The number of aliphatic hydroxyl groups excluding tert-OH is 9. The lowest BCUT2D eigenvalue weighted by Gasteiger charge is -2.50.